The molecule has 0 aliphatic rings. The topological polar surface area (TPSA) is 112 Å². The van der Waals surface area contributed by atoms with Crippen molar-refractivity contribution in [2.75, 3.05) is 13.6 Å². The molecule has 2 aromatic carbocycles. The summed E-state index contributed by atoms with van der Waals surface area (Å²) in [4.78, 5) is 40.1. The van der Waals surface area contributed by atoms with E-state index in [-0.39, 0.29) is 24.2 Å². The van der Waals surface area contributed by atoms with Crippen LogP contribution >= 0.6 is 15.9 Å². The number of carbonyl (C=O) groups is 3. The first kappa shape index (κ1) is 25.1. The van der Waals surface area contributed by atoms with Gasteiger partial charge >= 0.3 is 6.36 Å². The highest BCUT2D eigenvalue weighted by Gasteiger charge is 2.31. The zero-order valence-electron chi connectivity index (χ0n) is 17.8. The predicted octanol–water partition coefficient (Wildman–Crippen LogP) is 3.03. The van der Waals surface area contributed by atoms with E-state index in [4.69, 9.17) is 0 Å². The molecule has 34 heavy (non-hydrogen) atoms. The Hall–Kier alpha value is -3.54. The number of H-pyrrole nitrogens is 1. The van der Waals surface area contributed by atoms with Crippen molar-refractivity contribution < 1.29 is 32.3 Å². The number of aromatic amines is 1. The lowest BCUT2D eigenvalue weighted by Crippen LogP contribution is -2.52. The van der Waals surface area contributed by atoms with Crippen LogP contribution in [0.3, 0.4) is 0 Å². The van der Waals surface area contributed by atoms with Gasteiger partial charge in [0.1, 0.15) is 17.5 Å². The molecule has 0 fully saturated rings. The lowest BCUT2D eigenvalue weighted by atomic mass is 10.1. The number of hydrogen-bond acceptors (Lipinski definition) is 4. The molecule has 3 aromatic rings. The summed E-state index contributed by atoms with van der Waals surface area (Å²) in [6, 6.07) is 11.0. The summed E-state index contributed by atoms with van der Waals surface area (Å²) < 4.78 is 41.9. The second kappa shape index (κ2) is 10.6. The fourth-order valence-electron chi connectivity index (χ4n) is 3.18. The van der Waals surface area contributed by atoms with E-state index >= 15 is 0 Å². The molecule has 0 saturated heterocycles. The fourth-order valence-corrected chi connectivity index (χ4v) is 3.56. The standard InChI is InChI=1S/C22H20BrF3N4O4/c1-27-20(32)18(11-28-21(33)17-10-13-9-14(23)5-6-16(13)29-17)30-19(31)8-12-3-2-4-15(7-12)34-22(24,25)26/h2-7,9-10,18,29H,8,11H2,1H3,(H,27,32)(H,28,33)(H,30,31). The molecule has 1 atom stereocenters. The number of aromatic nitrogens is 1. The van der Waals surface area contributed by atoms with Crippen molar-refractivity contribution in [1.29, 1.82) is 0 Å². The largest absolute Gasteiger partial charge is 0.573 e. The van der Waals surface area contributed by atoms with Gasteiger partial charge in [-0.25, -0.2) is 0 Å². The van der Waals surface area contributed by atoms with Gasteiger partial charge in [-0.1, -0.05) is 28.1 Å². The van der Waals surface area contributed by atoms with Gasteiger partial charge in [0.25, 0.3) is 5.91 Å². The number of alkyl halides is 3. The third-order valence-electron chi connectivity index (χ3n) is 4.69. The highest BCUT2D eigenvalue weighted by Crippen LogP contribution is 2.23. The fraction of sp³-hybridized carbons (Fsp3) is 0.227. The Balaban J connectivity index is 1.62. The minimum Gasteiger partial charge on any atom is -0.406 e. The number of amides is 3. The highest BCUT2D eigenvalue weighted by atomic mass is 79.9. The first-order chi connectivity index (χ1) is 16.0. The van der Waals surface area contributed by atoms with Crippen LogP contribution in [-0.4, -0.2) is 48.7 Å². The van der Waals surface area contributed by atoms with Gasteiger partial charge in [-0.05, 0) is 42.0 Å². The van der Waals surface area contributed by atoms with Crippen molar-refractivity contribution in [3.63, 3.8) is 0 Å². The van der Waals surface area contributed by atoms with Crippen LogP contribution in [0.2, 0.25) is 0 Å². The molecule has 3 amide bonds. The maximum Gasteiger partial charge on any atom is 0.573 e. The van der Waals surface area contributed by atoms with E-state index < -0.39 is 35.9 Å². The molecule has 1 unspecified atom stereocenters. The molecule has 0 bridgehead atoms. The van der Waals surface area contributed by atoms with Crippen molar-refractivity contribution in [2.24, 2.45) is 0 Å². The molecule has 1 heterocycles. The number of fused-ring (bicyclic) bond motifs is 1. The number of nitrogens with one attached hydrogen (secondary N) is 4. The summed E-state index contributed by atoms with van der Waals surface area (Å²) in [5.41, 5.74) is 1.28. The Labute approximate surface area is 200 Å². The summed E-state index contributed by atoms with van der Waals surface area (Å²) in [7, 11) is 1.37. The van der Waals surface area contributed by atoms with E-state index in [1.54, 1.807) is 12.1 Å². The monoisotopic (exact) mass is 540 g/mol. The molecule has 1 aromatic heterocycles. The maximum absolute atomic E-state index is 12.5. The molecular weight excluding hydrogens is 521 g/mol. The second-order valence-electron chi connectivity index (χ2n) is 7.23. The van der Waals surface area contributed by atoms with Gasteiger partial charge in [0.05, 0.1) is 6.42 Å². The quantitative estimate of drug-likeness (QED) is 0.351. The van der Waals surface area contributed by atoms with E-state index in [1.165, 1.54) is 19.2 Å². The average Bonchev–Trinajstić information content (AvgIpc) is 3.18. The Kier molecular flexibility index (Phi) is 7.82. The summed E-state index contributed by atoms with van der Waals surface area (Å²) in [6.45, 7) is -0.208. The van der Waals surface area contributed by atoms with Crippen LogP contribution in [-0.2, 0) is 16.0 Å². The molecule has 8 nitrogen and oxygen atoms in total. The zero-order chi connectivity index (χ0) is 24.9. The number of carbonyl (C=O) groups excluding carboxylic acids is 3. The van der Waals surface area contributed by atoms with Crippen LogP contribution in [0, 0.1) is 0 Å². The van der Waals surface area contributed by atoms with Gasteiger partial charge in [0, 0.05) is 29.0 Å². The van der Waals surface area contributed by atoms with Gasteiger partial charge in [-0.2, -0.15) is 0 Å². The van der Waals surface area contributed by atoms with E-state index in [9.17, 15) is 27.6 Å². The predicted molar refractivity (Wildman–Crippen MR) is 121 cm³/mol. The number of ether oxygens (including phenoxy) is 1. The van der Waals surface area contributed by atoms with Crippen LogP contribution in [0.15, 0.2) is 53.0 Å². The van der Waals surface area contributed by atoms with Crippen molar-refractivity contribution in [2.45, 2.75) is 18.8 Å². The second-order valence-corrected chi connectivity index (χ2v) is 8.15. The van der Waals surface area contributed by atoms with E-state index in [0.717, 1.165) is 27.5 Å². The summed E-state index contributed by atoms with van der Waals surface area (Å²) >= 11 is 3.36. The number of hydrogen-bond donors (Lipinski definition) is 4. The SMILES string of the molecule is CNC(=O)C(CNC(=O)c1cc2cc(Br)ccc2[nH]1)NC(=O)Cc1cccc(OC(F)(F)F)c1. The molecule has 0 aliphatic heterocycles. The first-order valence-electron chi connectivity index (χ1n) is 9.96. The molecule has 0 spiro atoms. The van der Waals surface area contributed by atoms with Crippen molar-refractivity contribution in [3.05, 3.63) is 64.3 Å². The Morgan fingerprint density at radius 1 is 1.12 bits per heavy atom. The van der Waals surface area contributed by atoms with E-state index in [1.807, 2.05) is 12.1 Å². The smallest absolute Gasteiger partial charge is 0.406 e. The summed E-state index contributed by atoms with van der Waals surface area (Å²) in [5.74, 6) is -2.11. The molecule has 0 radical (unpaired) electrons. The molecule has 0 saturated carbocycles. The van der Waals surface area contributed by atoms with Crippen LogP contribution in [0.1, 0.15) is 16.1 Å². The Morgan fingerprint density at radius 2 is 1.88 bits per heavy atom. The Bertz CT molecular complexity index is 1210. The van der Waals surface area contributed by atoms with Gasteiger partial charge in [0.2, 0.25) is 11.8 Å². The maximum atomic E-state index is 12.5. The summed E-state index contributed by atoms with van der Waals surface area (Å²) in [5, 5.41) is 8.28. The number of halogens is 4. The van der Waals surface area contributed by atoms with Crippen molar-refractivity contribution >= 4 is 44.6 Å². The number of likely N-dealkylation sites (N-methyl/N-ethyl adjacent to an activating group) is 1. The number of benzene rings is 2. The average molecular weight is 541 g/mol. The molecule has 180 valence electrons. The lowest BCUT2D eigenvalue weighted by Gasteiger charge is -2.18. The van der Waals surface area contributed by atoms with Gasteiger partial charge in [0.15, 0.2) is 0 Å². The third kappa shape index (κ3) is 6.98. The zero-order valence-corrected chi connectivity index (χ0v) is 19.3. The van der Waals surface area contributed by atoms with E-state index in [2.05, 4.69) is 41.6 Å². The van der Waals surface area contributed by atoms with Crippen molar-refractivity contribution in [1.82, 2.24) is 20.9 Å². The lowest BCUT2D eigenvalue weighted by molar-refractivity contribution is -0.274. The van der Waals surface area contributed by atoms with Gasteiger partial charge in [-0.3, -0.25) is 14.4 Å². The van der Waals surface area contributed by atoms with Gasteiger partial charge in [-0.15, -0.1) is 13.2 Å². The van der Waals surface area contributed by atoms with Crippen LogP contribution in [0.4, 0.5) is 13.2 Å². The van der Waals surface area contributed by atoms with Crippen LogP contribution in [0.25, 0.3) is 10.9 Å². The molecule has 4 N–H and O–H groups in total. The normalized spacial score (nSPS) is 12.1. The third-order valence-corrected chi connectivity index (χ3v) is 5.18. The first-order valence-corrected chi connectivity index (χ1v) is 10.8. The summed E-state index contributed by atoms with van der Waals surface area (Å²) in [6.07, 6.45) is -5.15. The minimum atomic E-state index is -4.86. The minimum absolute atomic E-state index is 0.208. The number of rotatable bonds is 8. The Morgan fingerprint density at radius 3 is 2.59 bits per heavy atom. The van der Waals surface area contributed by atoms with Gasteiger partial charge < -0.3 is 25.7 Å². The highest BCUT2D eigenvalue weighted by molar-refractivity contribution is 9.10. The van der Waals surface area contributed by atoms with Crippen molar-refractivity contribution in [3.8, 4) is 5.75 Å². The molecular formula is C22H20BrF3N4O4. The molecule has 3 rings (SSSR count). The molecule has 12 heteroatoms. The van der Waals surface area contributed by atoms with Crippen LogP contribution < -0.4 is 20.7 Å². The van der Waals surface area contributed by atoms with E-state index in [0.29, 0.717) is 0 Å². The molecule has 0 aliphatic carbocycles. The van der Waals surface area contributed by atoms with Crippen LogP contribution in [0.5, 0.6) is 5.75 Å².